The minimum absolute atomic E-state index is 0.0400. The van der Waals surface area contributed by atoms with Crippen molar-refractivity contribution in [2.45, 2.75) is 11.9 Å². The molecule has 0 atom stereocenters. The summed E-state index contributed by atoms with van der Waals surface area (Å²) in [6, 6.07) is 3.78. The van der Waals surface area contributed by atoms with Crippen LogP contribution in [-0.4, -0.2) is 5.11 Å². The van der Waals surface area contributed by atoms with E-state index in [0.29, 0.717) is 5.69 Å². The maximum atomic E-state index is 9.23. The van der Waals surface area contributed by atoms with E-state index in [-0.39, 0.29) is 6.61 Å². The van der Waals surface area contributed by atoms with Crippen LogP contribution in [0.25, 0.3) is 10.1 Å². The van der Waals surface area contributed by atoms with Gasteiger partial charge in [0.25, 0.3) is 0 Å². The summed E-state index contributed by atoms with van der Waals surface area (Å²) in [6.07, 6.45) is 0. The second kappa shape index (κ2) is 3.88. The third-order valence-corrected chi connectivity index (χ3v) is 3.75. The van der Waals surface area contributed by atoms with Gasteiger partial charge in [0.15, 0.2) is 0 Å². The van der Waals surface area contributed by atoms with E-state index in [1.807, 2.05) is 12.1 Å². The summed E-state index contributed by atoms with van der Waals surface area (Å²) >= 11 is 5.09. The average Bonchev–Trinajstić information content (AvgIpc) is 2.59. The van der Waals surface area contributed by atoms with Crippen LogP contribution in [0.3, 0.4) is 0 Å². The van der Waals surface area contributed by atoms with Crippen molar-refractivity contribution in [3.8, 4) is 0 Å². The fourth-order valence-corrected chi connectivity index (χ4v) is 3.28. The summed E-state index contributed by atoms with van der Waals surface area (Å²) in [6.45, 7) is 0.0400. The molecule has 14 heavy (non-hydrogen) atoms. The van der Waals surface area contributed by atoms with Crippen molar-refractivity contribution in [3.05, 3.63) is 28.6 Å². The van der Waals surface area contributed by atoms with Gasteiger partial charge in [-0.3, -0.25) is 0 Å². The maximum Gasteiger partial charge on any atom is 0.0689 e. The van der Waals surface area contributed by atoms with Gasteiger partial charge in [-0.2, -0.15) is 0 Å². The number of benzene rings is 1. The molecule has 0 spiro atoms. The van der Waals surface area contributed by atoms with Crippen LogP contribution in [0.15, 0.2) is 17.5 Å². The molecule has 0 aliphatic carbocycles. The van der Waals surface area contributed by atoms with Gasteiger partial charge in [-0.15, -0.1) is 11.3 Å². The van der Waals surface area contributed by atoms with Crippen molar-refractivity contribution in [2.24, 2.45) is 0 Å². The van der Waals surface area contributed by atoms with Crippen LogP contribution in [-0.2, 0) is 11.9 Å². The van der Waals surface area contributed by atoms with Gasteiger partial charge in [-0.05, 0) is 28.6 Å². The number of hydrogen-bond acceptors (Lipinski definition) is 3. The Bertz CT molecular complexity index is 466. The lowest BCUT2D eigenvalue weighted by atomic mass is 10.1. The topological polar surface area (TPSA) is 46.2 Å². The monoisotopic (exact) mass is 271 g/mol. The Morgan fingerprint density at radius 3 is 2.79 bits per heavy atom. The molecule has 0 bridgehead atoms. The third kappa shape index (κ3) is 1.54. The van der Waals surface area contributed by atoms with E-state index in [9.17, 15) is 5.11 Å². The lowest BCUT2D eigenvalue weighted by Gasteiger charge is -2.03. The SMILES string of the molecule is Nc1cc(CO)c2c(CBr)csc2c1. The largest absolute Gasteiger partial charge is 0.399 e. The molecule has 0 saturated carbocycles. The molecular formula is C10H10BrNOS. The van der Waals surface area contributed by atoms with Crippen LogP contribution in [0.5, 0.6) is 0 Å². The fraction of sp³-hybridized carbons (Fsp3) is 0.200. The van der Waals surface area contributed by atoms with Crippen molar-refractivity contribution in [2.75, 3.05) is 5.73 Å². The van der Waals surface area contributed by atoms with Crippen molar-refractivity contribution in [1.82, 2.24) is 0 Å². The van der Waals surface area contributed by atoms with Gasteiger partial charge in [-0.25, -0.2) is 0 Å². The Balaban J connectivity index is 2.78. The summed E-state index contributed by atoms with van der Waals surface area (Å²) < 4.78 is 1.14. The molecule has 0 fully saturated rings. The number of aliphatic hydroxyl groups is 1. The smallest absolute Gasteiger partial charge is 0.0689 e. The lowest BCUT2D eigenvalue weighted by molar-refractivity contribution is 0.283. The normalized spacial score (nSPS) is 11.0. The molecule has 0 aliphatic rings. The Morgan fingerprint density at radius 1 is 1.36 bits per heavy atom. The average molecular weight is 272 g/mol. The highest BCUT2D eigenvalue weighted by Crippen LogP contribution is 2.32. The zero-order valence-corrected chi connectivity index (χ0v) is 9.86. The molecule has 1 aromatic heterocycles. The highest BCUT2D eigenvalue weighted by molar-refractivity contribution is 9.08. The molecule has 1 heterocycles. The minimum atomic E-state index is 0.0400. The standard InChI is InChI=1S/C10H10BrNOS/c11-3-7-5-14-9-2-8(12)1-6(4-13)10(7)9/h1-2,5,13H,3-4,12H2. The minimum Gasteiger partial charge on any atom is -0.399 e. The molecule has 74 valence electrons. The molecule has 1 aromatic carbocycles. The molecule has 0 aliphatic heterocycles. The van der Waals surface area contributed by atoms with E-state index in [1.54, 1.807) is 11.3 Å². The molecule has 0 unspecified atom stereocenters. The summed E-state index contributed by atoms with van der Waals surface area (Å²) in [7, 11) is 0. The third-order valence-electron chi connectivity index (χ3n) is 2.17. The van der Waals surface area contributed by atoms with E-state index in [1.165, 1.54) is 5.56 Å². The number of nitrogen functional groups attached to an aromatic ring is 1. The van der Waals surface area contributed by atoms with Gasteiger partial charge in [0.05, 0.1) is 6.61 Å². The van der Waals surface area contributed by atoms with Crippen LogP contribution >= 0.6 is 27.3 Å². The lowest BCUT2D eigenvalue weighted by Crippen LogP contribution is -1.91. The molecular weight excluding hydrogens is 262 g/mol. The first-order valence-corrected chi connectivity index (χ1v) is 6.21. The number of rotatable bonds is 2. The van der Waals surface area contributed by atoms with Gasteiger partial charge in [0, 0.05) is 21.1 Å². The number of anilines is 1. The Labute approximate surface area is 94.5 Å². The zero-order chi connectivity index (χ0) is 10.1. The molecule has 0 amide bonds. The molecule has 4 heteroatoms. The van der Waals surface area contributed by atoms with Crippen molar-refractivity contribution in [3.63, 3.8) is 0 Å². The fourth-order valence-electron chi connectivity index (χ4n) is 1.57. The quantitative estimate of drug-likeness (QED) is 0.652. The second-order valence-electron chi connectivity index (χ2n) is 3.11. The number of alkyl halides is 1. The van der Waals surface area contributed by atoms with E-state index in [4.69, 9.17) is 5.73 Å². The van der Waals surface area contributed by atoms with Crippen molar-refractivity contribution < 1.29 is 5.11 Å². The van der Waals surface area contributed by atoms with Crippen LogP contribution in [0, 0.1) is 0 Å². The van der Waals surface area contributed by atoms with Gasteiger partial charge in [-0.1, -0.05) is 15.9 Å². The van der Waals surface area contributed by atoms with E-state index in [2.05, 4.69) is 21.3 Å². The molecule has 0 saturated heterocycles. The van der Waals surface area contributed by atoms with E-state index < -0.39 is 0 Å². The van der Waals surface area contributed by atoms with E-state index >= 15 is 0 Å². The Morgan fingerprint density at radius 2 is 2.14 bits per heavy atom. The van der Waals surface area contributed by atoms with Gasteiger partial charge in [0.1, 0.15) is 0 Å². The predicted octanol–water partition coefficient (Wildman–Crippen LogP) is 2.87. The summed E-state index contributed by atoms with van der Waals surface area (Å²) in [5, 5.41) is 13.3. The van der Waals surface area contributed by atoms with Gasteiger partial charge in [0.2, 0.25) is 0 Å². The summed E-state index contributed by atoms with van der Waals surface area (Å²) in [5.74, 6) is 0. The Hall–Kier alpha value is -0.580. The highest BCUT2D eigenvalue weighted by atomic mass is 79.9. The number of fused-ring (bicyclic) bond motifs is 1. The molecule has 0 radical (unpaired) electrons. The van der Waals surface area contributed by atoms with Crippen LogP contribution in [0.1, 0.15) is 11.1 Å². The Kier molecular flexibility index (Phi) is 2.76. The van der Waals surface area contributed by atoms with Gasteiger partial charge < -0.3 is 10.8 Å². The summed E-state index contributed by atoms with van der Waals surface area (Å²) in [5.41, 5.74) is 8.58. The zero-order valence-electron chi connectivity index (χ0n) is 7.46. The number of thiophene rings is 1. The first-order chi connectivity index (χ1) is 6.76. The first kappa shape index (κ1) is 9.96. The van der Waals surface area contributed by atoms with Crippen LogP contribution < -0.4 is 5.73 Å². The summed E-state index contributed by atoms with van der Waals surface area (Å²) in [4.78, 5) is 0. The molecule has 2 aromatic rings. The predicted molar refractivity (Wildman–Crippen MR) is 64.8 cm³/mol. The van der Waals surface area contributed by atoms with Gasteiger partial charge >= 0.3 is 0 Å². The second-order valence-corrected chi connectivity index (χ2v) is 4.58. The van der Waals surface area contributed by atoms with Crippen molar-refractivity contribution >= 4 is 43.0 Å². The number of halogens is 1. The number of nitrogens with two attached hydrogens (primary N) is 1. The number of hydrogen-bond donors (Lipinski definition) is 2. The van der Waals surface area contributed by atoms with Crippen LogP contribution in [0.2, 0.25) is 0 Å². The highest BCUT2D eigenvalue weighted by Gasteiger charge is 2.08. The van der Waals surface area contributed by atoms with Crippen molar-refractivity contribution in [1.29, 1.82) is 0 Å². The molecule has 3 N–H and O–H groups in total. The number of aliphatic hydroxyl groups excluding tert-OH is 1. The van der Waals surface area contributed by atoms with E-state index in [0.717, 1.165) is 21.0 Å². The van der Waals surface area contributed by atoms with Crippen LogP contribution in [0.4, 0.5) is 5.69 Å². The first-order valence-electron chi connectivity index (χ1n) is 4.21. The molecule has 2 rings (SSSR count). The molecule has 2 nitrogen and oxygen atoms in total. The maximum absolute atomic E-state index is 9.23.